The molecule has 1 fully saturated rings. The van der Waals surface area contributed by atoms with E-state index in [0.717, 1.165) is 23.9 Å². The van der Waals surface area contributed by atoms with Gasteiger partial charge in [-0.15, -0.1) is 0 Å². The molecular weight excluding hydrogens is 509 g/mol. The Morgan fingerprint density at radius 2 is 1.56 bits per heavy atom. The van der Waals surface area contributed by atoms with Crippen molar-refractivity contribution in [1.82, 2.24) is 10.1 Å². The Balaban J connectivity index is 0.000000180. The molecule has 4 aromatic rings. The fourth-order valence-electron chi connectivity index (χ4n) is 4.02. The lowest BCUT2D eigenvalue weighted by Crippen LogP contribution is -2.09. The smallest absolute Gasteiger partial charge is 0.433 e. The number of anilines is 1. The van der Waals surface area contributed by atoms with E-state index in [2.05, 4.69) is 10.1 Å². The van der Waals surface area contributed by atoms with Crippen molar-refractivity contribution < 1.29 is 27.2 Å². The number of methoxy groups -OCH3 is 1. The monoisotopic (exact) mass is 542 g/mol. The summed E-state index contributed by atoms with van der Waals surface area (Å²) in [5.41, 5.74) is 11.9. The summed E-state index contributed by atoms with van der Waals surface area (Å²) in [6.07, 6.45) is 6.05. The fourth-order valence-corrected chi connectivity index (χ4v) is 4.02. The number of benzene rings is 2. The maximum absolute atomic E-state index is 12.4. The van der Waals surface area contributed by atoms with Crippen LogP contribution in [0.15, 0.2) is 65.2 Å². The van der Waals surface area contributed by atoms with E-state index in [-0.39, 0.29) is 17.0 Å². The van der Waals surface area contributed by atoms with E-state index in [1.54, 1.807) is 31.4 Å². The molecule has 7 nitrogen and oxygen atoms in total. The quantitative estimate of drug-likeness (QED) is 0.288. The van der Waals surface area contributed by atoms with Gasteiger partial charge >= 0.3 is 6.18 Å². The van der Waals surface area contributed by atoms with Crippen LogP contribution in [0.1, 0.15) is 66.0 Å². The van der Waals surface area contributed by atoms with Gasteiger partial charge in [0.2, 0.25) is 5.76 Å². The van der Waals surface area contributed by atoms with Crippen LogP contribution in [0.4, 0.5) is 18.9 Å². The lowest BCUT2D eigenvalue weighted by molar-refractivity contribution is -0.140. The number of nitrogens with two attached hydrogens (primary N) is 2. The number of aromatic nitrogens is 2. The third-order valence-electron chi connectivity index (χ3n) is 6.17. The van der Waals surface area contributed by atoms with Crippen LogP contribution in [0.3, 0.4) is 0 Å². The first-order valence-electron chi connectivity index (χ1n) is 12.8. The van der Waals surface area contributed by atoms with Gasteiger partial charge < -0.3 is 20.7 Å². The molecule has 0 spiro atoms. The van der Waals surface area contributed by atoms with Gasteiger partial charge in [-0.3, -0.25) is 4.79 Å². The number of halogens is 3. The molecule has 0 atom stereocenters. The van der Waals surface area contributed by atoms with Gasteiger partial charge in [-0.25, -0.2) is 4.98 Å². The number of amides is 1. The van der Waals surface area contributed by atoms with Gasteiger partial charge in [-0.2, -0.15) is 13.2 Å². The molecule has 39 heavy (non-hydrogen) atoms. The van der Waals surface area contributed by atoms with Crippen molar-refractivity contribution in [2.75, 3.05) is 12.8 Å². The van der Waals surface area contributed by atoms with Crippen LogP contribution < -0.4 is 16.2 Å². The Morgan fingerprint density at radius 1 is 0.949 bits per heavy atom. The molecule has 0 saturated heterocycles. The van der Waals surface area contributed by atoms with Gasteiger partial charge in [0.15, 0.2) is 0 Å². The Morgan fingerprint density at radius 3 is 2.10 bits per heavy atom. The second-order valence-electron chi connectivity index (χ2n) is 9.13. The molecule has 2 heterocycles. The molecule has 1 saturated carbocycles. The van der Waals surface area contributed by atoms with Crippen molar-refractivity contribution in [3.63, 3.8) is 0 Å². The highest BCUT2D eigenvalue weighted by Gasteiger charge is 2.33. The molecule has 208 valence electrons. The summed E-state index contributed by atoms with van der Waals surface area (Å²) in [5, 5.41) is 4.32. The number of aryl methyl sites for hydroxylation is 2. The van der Waals surface area contributed by atoms with Crippen LogP contribution in [-0.2, 0) is 19.0 Å². The van der Waals surface area contributed by atoms with E-state index in [9.17, 15) is 18.0 Å². The second-order valence-corrected chi connectivity index (χ2v) is 9.13. The van der Waals surface area contributed by atoms with Gasteiger partial charge in [0.25, 0.3) is 5.91 Å². The lowest BCUT2D eigenvalue weighted by Gasteiger charge is -2.08. The summed E-state index contributed by atoms with van der Waals surface area (Å²) in [7, 11) is 1.63. The third kappa shape index (κ3) is 9.31. The summed E-state index contributed by atoms with van der Waals surface area (Å²) in [4.78, 5) is 14.3. The molecule has 1 aliphatic carbocycles. The number of carbonyl (C=O) groups is 1. The minimum absolute atomic E-state index is 0.0907. The minimum atomic E-state index is -4.46. The van der Waals surface area contributed by atoms with Crippen molar-refractivity contribution in [2.24, 2.45) is 5.73 Å². The average Bonchev–Trinajstić information content (AvgIpc) is 3.43. The number of nitrogen functional groups attached to an aromatic ring is 1. The van der Waals surface area contributed by atoms with Crippen LogP contribution in [0, 0.1) is 0 Å². The highest BCUT2D eigenvalue weighted by atomic mass is 19.4. The van der Waals surface area contributed by atoms with Gasteiger partial charge in [0, 0.05) is 17.1 Å². The van der Waals surface area contributed by atoms with Gasteiger partial charge in [0.05, 0.1) is 18.3 Å². The van der Waals surface area contributed by atoms with Crippen molar-refractivity contribution in [3.05, 3.63) is 83.4 Å². The first-order chi connectivity index (χ1) is 18.7. The molecule has 0 bridgehead atoms. The zero-order valence-electron chi connectivity index (χ0n) is 21.8. The molecule has 1 amide bonds. The Bertz CT molecular complexity index is 1320. The summed E-state index contributed by atoms with van der Waals surface area (Å²) in [6.45, 7) is 0. The molecule has 2 aromatic heterocycles. The molecule has 2 aromatic carbocycles. The van der Waals surface area contributed by atoms with E-state index in [1.807, 2.05) is 24.3 Å². The van der Waals surface area contributed by atoms with Crippen LogP contribution in [-0.4, -0.2) is 23.2 Å². The zero-order valence-corrected chi connectivity index (χ0v) is 21.8. The number of hydrogen-bond donors (Lipinski definition) is 2. The van der Waals surface area contributed by atoms with Gasteiger partial charge in [-0.05, 0) is 42.7 Å². The van der Waals surface area contributed by atoms with E-state index in [1.165, 1.54) is 50.2 Å². The Hall–Kier alpha value is -4.08. The van der Waals surface area contributed by atoms with Gasteiger partial charge in [-0.1, -0.05) is 74.0 Å². The first kappa shape index (κ1) is 29.5. The highest BCUT2D eigenvalue weighted by Crippen LogP contribution is 2.31. The zero-order chi connectivity index (χ0) is 28.3. The van der Waals surface area contributed by atoms with Crippen molar-refractivity contribution in [2.45, 2.75) is 57.5 Å². The fraction of sp³-hybridized carbons (Fsp3) is 0.345. The maximum atomic E-state index is 12.4. The third-order valence-corrected chi connectivity index (χ3v) is 6.17. The molecule has 0 unspecified atom stereocenters. The number of pyridine rings is 1. The molecule has 10 heteroatoms. The Labute approximate surface area is 225 Å². The molecule has 0 radical (unpaired) electrons. The van der Waals surface area contributed by atoms with Crippen LogP contribution in [0.25, 0.3) is 10.9 Å². The Kier molecular flexibility index (Phi) is 10.7. The number of fused-ring (bicyclic) bond motifs is 1. The first-order valence-corrected chi connectivity index (χ1v) is 12.8. The standard InChI is InChI=1S/C13H14N2O3.C10H7F3N2.C6H12/c1-17-11-6-3-9(4-7-11)2-5-10-8-12(13(14)16)18-15-10;11-10(12,13)9-5-7(14)6-3-1-2-4-8(6)15-9;1-2-4-6-5-3-1/h3-4,6-8H,2,5H2,1H3,(H2,14,16);1-5H,(H2,14,15);1-6H2. The van der Waals surface area contributed by atoms with Crippen LogP contribution in [0.5, 0.6) is 5.75 Å². The van der Waals surface area contributed by atoms with Gasteiger partial charge in [0.1, 0.15) is 11.4 Å². The number of primary amides is 1. The molecule has 4 N–H and O–H groups in total. The van der Waals surface area contributed by atoms with Crippen molar-refractivity contribution >= 4 is 22.5 Å². The van der Waals surface area contributed by atoms with E-state index >= 15 is 0 Å². The van der Waals surface area contributed by atoms with Crippen molar-refractivity contribution in [3.8, 4) is 5.75 Å². The normalized spacial score (nSPS) is 13.0. The van der Waals surface area contributed by atoms with E-state index in [4.69, 9.17) is 20.7 Å². The maximum Gasteiger partial charge on any atom is 0.433 e. The number of nitrogens with zero attached hydrogens (tertiary/aromatic N) is 2. The summed E-state index contributed by atoms with van der Waals surface area (Å²) in [6, 6.07) is 16.7. The number of hydrogen-bond acceptors (Lipinski definition) is 6. The van der Waals surface area contributed by atoms with Crippen LogP contribution in [0.2, 0.25) is 0 Å². The number of rotatable bonds is 5. The summed E-state index contributed by atoms with van der Waals surface area (Å²) in [5.74, 6) is 0.328. The average molecular weight is 543 g/mol. The predicted octanol–water partition coefficient (Wildman–Crippen LogP) is 6.74. The summed E-state index contributed by atoms with van der Waals surface area (Å²) < 4.78 is 47.0. The predicted molar refractivity (Wildman–Crippen MR) is 144 cm³/mol. The SMILES string of the molecule is C1CCCCC1.COc1ccc(CCc2cc(C(N)=O)on2)cc1.Nc1cc(C(F)(F)F)nc2ccccc12. The molecular formula is C29H33F3N4O3. The van der Waals surface area contributed by atoms with E-state index in [0.29, 0.717) is 11.8 Å². The van der Waals surface area contributed by atoms with Crippen molar-refractivity contribution in [1.29, 1.82) is 0 Å². The largest absolute Gasteiger partial charge is 0.497 e. The second kappa shape index (κ2) is 14.2. The lowest BCUT2D eigenvalue weighted by atomic mass is 10.0. The number of carbonyl (C=O) groups excluding carboxylic acids is 1. The molecule has 5 rings (SSSR count). The number of alkyl halides is 3. The summed E-state index contributed by atoms with van der Waals surface area (Å²) >= 11 is 0. The van der Waals surface area contributed by atoms with E-state index < -0.39 is 17.8 Å². The topological polar surface area (TPSA) is 117 Å². The van der Waals surface area contributed by atoms with Crippen LogP contribution >= 0.6 is 0 Å². The number of para-hydroxylation sites is 1. The molecule has 0 aliphatic heterocycles. The number of ether oxygens (including phenoxy) is 1. The minimum Gasteiger partial charge on any atom is -0.497 e. The highest BCUT2D eigenvalue weighted by molar-refractivity contribution is 5.90. The molecule has 1 aliphatic rings.